The maximum atomic E-state index is 12.0. The summed E-state index contributed by atoms with van der Waals surface area (Å²) in [7, 11) is 0. The Balaban J connectivity index is 2.03. The maximum absolute atomic E-state index is 12.0. The molecule has 0 saturated heterocycles. The third-order valence-corrected chi connectivity index (χ3v) is 3.96. The Bertz CT molecular complexity index is 535. The van der Waals surface area contributed by atoms with E-state index >= 15 is 0 Å². The van der Waals surface area contributed by atoms with Crippen LogP contribution in [0.5, 0.6) is 0 Å². The molecule has 1 fully saturated rings. The van der Waals surface area contributed by atoms with Crippen LogP contribution in [0.4, 0.5) is 5.69 Å². The fourth-order valence-electron chi connectivity index (χ4n) is 2.39. The second kappa shape index (κ2) is 6.32. The minimum absolute atomic E-state index is 0.0705. The number of benzene rings is 1. The van der Waals surface area contributed by atoms with E-state index in [-0.39, 0.29) is 29.2 Å². The van der Waals surface area contributed by atoms with Crippen molar-refractivity contribution in [3.8, 4) is 0 Å². The van der Waals surface area contributed by atoms with E-state index in [0.717, 1.165) is 19.3 Å². The third-order valence-electron chi connectivity index (χ3n) is 3.50. The van der Waals surface area contributed by atoms with Gasteiger partial charge in [0, 0.05) is 34.6 Å². The lowest BCUT2D eigenvalue weighted by Gasteiger charge is -2.15. The molecular weight excluding hydrogens is 328 g/mol. The van der Waals surface area contributed by atoms with E-state index in [0.29, 0.717) is 11.0 Å². The second-order valence-corrected chi connectivity index (χ2v) is 5.84. The lowest BCUT2D eigenvalue weighted by Crippen LogP contribution is -2.32. The van der Waals surface area contributed by atoms with Crippen molar-refractivity contribution in [2.75, 3.05) is 6.54 Å². The number of nitro benzene ring substituents is 1. The molecule has 1 amide bonds. The molecule has 1 aliphatic rings. The lowest BCUT2D eigenvalue weighted by molar-refractivity contribution is -0.385. The number of halogens is 1. The number of hydrogen-bond acceptors (Lipinski definition) is 4. The van der Waals surface area contributed by atoms with Crippen LogP contribution in [0, 0.1) is 16.0 Å². The molecule has 6 nitrogen and oxygen atoms in total. The molecule has 2 N–H and O–H groups in total. The Morgan fingerprint density at radius 3 is 2.80 bits per heavy atom. The molecule has 20 heavy (non-hydrogen) atoms. The monoisotopic (exact) mass is 342 g/mol. The van der Waals surface area contributed by atoms with Gasteiger partial charge in [0.1, 0.15) is 0 Å². The first-order valence-corrected chi connectivity index (χ1v) is 7.18. The molecule has 0 aliphatic heterocycles. The zero-order valence-electron chi connectivity index (χ0n) is 10.7. The lowest BCUT2D eigenvalue weighted by atomic mass is 10.1. The number of amides is 1. The Hall–Kier alpha value is -1.47. The number of rotatable bonds is 4. The van der Waals surface area contributed by atoms with Crippen molar-refractivity contribution in [2.45, 2.75) is 25.4 Å². The van der Waals surface area contributed by atoms with Crippen LogP contribution < -0.4 is 5.32 Å². The van der Waals surface area contributed by atoms with Crippen molar-refractivity contribution < 1.29 is 14.8 Å². The highest BCUT2D eigenvalue weighted by Crippen LogP contribution is 2.25. The fraction of sp³-hybridized carbons (Fsp3) is 0.462. The molecule has 0 radical (unpaired) electrons. The van der Waals surface area contributed by atoms with Gasteiger partial charge in [0.05, 0.1) is 11.0 Å². The smallest absolute Gasteiger partial charge is 0.271 e. The summed E-state index contributed by atoms with van der Waals surface area (Å²) in [5, 5.41) is 23.2. The van der Waals surface area contributed by atoms with Gasteiger partial charge in [-0.3, -0.25) is 14.9 Å². The maximum Gasteiger partial charge on any atom is 0.271 e. The van der Waals surface area contributed by atoms with Gasteiger partial charge in [0.15, 0.2) is 0 Å². The molecule has 2 atom stereocenters. The summed E-state index contributed by atoms with van der Waals surface area (Å²) in [6.07, 6.45) is 2.25. The van der Waals surface area contributed by atoms with Crippen molar-refractivity contribution in [3.63, 3.8) is 0 Å². The largest absolute Gasteiger partial charge is 0.393 e. The van der Waals surface area contributed by atoms with Crippen LogP contribution in [0.3, 0.4) is 0 Å². The molecule has 108 valence electrons. The number of aliphatic hydroxyl groups is 1. The van der Waals surface area contributed by atoms with E-state index in [2.05, 4.69) is 21.2 Å². The molecule has 0 heterocycles. The van der Waals surface area contributed by atoms with Gasteiger partial charge in [-0.25, -0.2) is 0 Å². The van der Waals surface area contributed by atoms with Crippen molar-refractivity contribution >= 4 is 27.5 Å². The zero-order valence-corrected chi connectivity index (χ0v) is 12.3. The Morgan fingerprint density at radius 2 is 2.20 bits per heavy atom. The second-order valence-electron chi connectivity index (χ2n) is 4.92. The molecule has 1 aliphatic carbocycles. The minimum atomic E-state index is -0.539. The van der Waals surface area contributed by atoms with Gasteiger partial charge in [-0.15, -0.1) is 0 Å². The highest BCUT2D eigenvalue weighted by molar-refractivity contribution is 9.10. The first-order valence-electron chi connectivity index (χ1n) is 6.38. The van der Waals surface area contributed by atoms with Crippen molar-refractivity contribution in [1.82, 2.24) is 5.32 Å². The van der Waals surface area contributed by atoms with E-state index < -0.39 is 4.92 Å². The number of nitrogens with zero attached hydrogens (tertiary/aromatic N) is 1. The number of hydrogen-bond donors (Lipinski definition) is 2. The quantitative estimate of drug-likeness (QED) is 0.648. The molecule has 2 rings (SSSR count). The highest BCUT2D eigenvalue weighted by Gasteiger charge is 2.25. The van der Waals surface area contributed by atoms with E-state index in [4.69, 9.17) is 0 Å². The van der Waals surface area contributed by atoms with Crippen LogP contribution in [0.1, 0.15) is 29.6 Å². The summed E-state index contributed by atoms with van der Waals surface area (Å²) in [4.78, 5) is 22.2. The van der Waals surface area contributed by atoms with Gasteiger partial charge in [-0.05, 0) is 18.9 Å². The molecular formula is C13H15BrN2O4. The van der Waals surface area contributed by atoms with Gasteiger partial charge >= 0.3 is 0 Å². The number of aliphatic hydroxyl groups excluding tert-OH is 1. The zero-order chi connectivity index (χ0) is 14.7. The van der Waals surface area contributed by atoms with Gasteiger partial charge in [0.2, 0.25) is 0 Å². The van der Waals surface area contributed by atoms with Gasteiger partial charge < -0.3 is 10.4 Å². The van der Waals surface area contributed by atoms with E-state index in [1.54, 1.807) is 0 Å². The molecule has 7 heteroatoms. The average molecular weight is 343 g/mol. The summed E-state index contributed by atoms with van der Waals surface area (Å²) >= 11 is 3.15. The fourth-order valence-corrected chi connectivity index (χ4v) is 2.87. The van der Waals surface area contributed by atoms with Crippen LogP contribution in [0.2, 0.25) is 0 Å². The van der Waals surface area contributed by atoms with Crippen molar-refractivity contribution in [2.24, 2.45) is 5.92 Å². The van der Waals surface area contributed by atoms with Crippen LogP contribution in [-0.2, 0) is 0 Å². The van der Waals surface area contributed by atoms with Gasteiger partial charge in [0.25, 0.3) is 11.6 Å². The number of nitrogens with one attached hydrogen (secondary N) is 1. The predicted octanol–water partition coefficient (Wildman–Crippen LogP) is 2.25. The summed E-state index contributed by atoms with van der Waals surface area (Å²) in [6.45, 7) is 0.389. The molecule has 0 aromatic heterocycles. The molecule has 1 aromatic carbocycles. The van der Waals surface area contributed by atoms with Crippen molar-refractivity contribution in [3.05, 3.63) is 38.3 Å². The summed E-state index contributed by atoms with van der Waals surface area (Å²) in [6, 6.07) is 4.12. The Morgan fingerprint density at radius 1 is 1.45 bits per heavy atom. The van der Waals surface area contributed by atoms with E-state index in [1.165, 1.54) is 18.2 Å². The van der Waals surface area contributed by atoms with Crippen LogP contribution in [0.15, 0.2) is 22.7 Å². The van der Waals surface area contributed by atoms with E-state index in [9.17, 15) is 20.0 Å². The summed E-state index contributed by atoms with van der Waals surface area (Å²) in [5.74, 6) is -0.297. The molecule has 1 saturated carbocycles. The van der Waals surface area contributed by atoms with Crippen molar-refractivity contribution in [1.29, 1.82) is 0 Å². The standard InChI is InChI=1S/C13H15BrN2O4/c14-10-4-9(5-11(6-10)16(19)20)13(18)15-7-8-2-1-3-12(8)17/h4-6,8,12,17H,1-3,7H2,(H,15,18). The third kappa shape index (κ3) is 3.55. The Labute approximate surface area is 124 Å². The first kappa shape index (κ1) is 14.9. The number of nitro groups is 1. The van der Waals surface area contributed by atoms with Crippen LogP contribution >= 0.6 is 15.9 Å². The molecule has 0 spiro atoms. The molecule has 1 aromatic rings. The first-order chi connectivity index (χ1) is 9.47. The molecule has 0 bridgehead atoms. The predicted molar refractivity (Wildman–Crippen MR) is 76.5 cm³/mol. The van der Waals surface area contributed by atoms with Gasteiger partial charge in [-0.2, -0.15) is 0 Å². The number of carbonyl (C=O) groups is 1. The summed E-state index contributed by atoms with van der Waals surface area (Å²) < 4.78 is 0.484. The minimum Gasteiger partial charge on any atom is -0.393 e. The van der Waals surface area contributed by atoms with Gasteiger partial charge in [-0.1, -0.05) is 22.4 Å². The molecule has 2 unspecified atom stereocenters. The topological polar surface area (TPSA) is 92.5 Å². The van der Waals surface area contributed by atoms with E-state index in [1.807, 2.05) is 0 Å². The normalized spacial score (nSPS) is 21.7. The SMILES string of the molecule is O=C(NCC1CCCC1O)c1cc(Br)cc([N+](=O)[O-])c1. The van der Waals surface area contributed by atoms with Crippen LogP contribution in [-0.4, -0.2) is 28.6 Å². The highest BCUT2D eigenvalue weighted by atomic mass is 79.9. The summed E-state index contributed by atoms with van der Waals surface area (Å²) in [5.41, 5.74) is 0.101. The number of carbonyl (C=O) groups excluding carboxylic acids is 1. The number of non-ortho nitro benzene ring substituents is 1. The Kier molecular flexibility index (Phi) is 4.72. The average Bonchev–Trinajstić information content (AvgIpc) is 2.80. The van der Waals surface area contributed by atoms with Crippen LogP contribution in [0.25, 0.3) is 0 Å².